The lowest BCUT2D eigenvalue weighted by atomic mass is 9.95. The third kappa shape index (κ3) is 6.20. The van der Waals surface area contributed by atoms with Crippen molar-refractivity contribution in [2.45, 2.75) is 45.3 Å². The number of aliphatic carboxylic acids is 1. The van der Waals surface area contributed by atoms with E-state index in [0.29, 0.717) is 31.9 Å². The Bertz CT molecular complexity index is 543. The Kier molecular flexibility index (Phi) is 7.06. The molecule has 2 N–H and O–H groups in total. The maximum Gasteiger partial charge on any atom is 0.303 e. The highest BCUT2D eigenvalue weighted by molar-refractivity contribution is 5.78. The molecule has 1 fully saturated rings. The van der Waals surface area contributed by atoms with Crippen LogP contribution in [0.1, 0.15) is 38.2 Å². The molecule has 1 aromatic rings. The molecular formula is C18H25NO5. The molecule has 0 spiro atoms. The number of hydrogen-bond donors (Lipinski definition) is 2. The molecule has 1 aliphatic heterocycles. The summed E-state index contributed by atoms with van der Waals surface area (Å²) < 4.78 is 10.9. The first-order valence-corrected chi connectivity index (χ1v) is 8.37. The van der Waals surface area contributed by atoms with Crippen LogP contribution >= 0.6 is 0 Å². The Morgan fingerprint density at radius 3 is 2.75 bits per heavy atom. The van der Waals surface area contributed by atoms with Gasteiger partial charge in [0, 0.05) is 25.5 Å². The minimum Gasteiger partial charge on any atom is -0.494 e. The standard InChI is InChI=1S/C18H25NO5/c1-13-11-15(8-10-23-13)18(22)19-12-14-4-6-16(7-5-14)24-9-2-3-17(20)21/h4-7,13,15H,2-3,8-12H2,1H3,(H,19,22)(H,20,21). The number of carbonyl (C=O) groups excluding carboxylic acids is 1. The number of rotatable bonds is 8. The van der Waals surface area contributed by atoms with Gasteiger partial charge in [-0.1, -0.05) is 12.1 Å². The lowest BCUT2D eigenvalue weighted by Gasteiger charge is -2.26. The average molecular weight is 335 g/mol. The molecule has 2 atom stereocenters. The van der Waals surface area contributed by atoms with Gasteiger partial charge in [0.25, 0.3) is 0 Å². The second kappa shape index (κ2) is 9.27. The molecule has 1 heterocycles. The summed E-state index contributed by atoms with van der Waals surface area (Å²) in [5.74, 6) is 0.00192. The maximum atomic E-state index is 12.2. The molecule has 1 saturated heterocycles. The molecule has 6 nitrogen and oxygen atoms in total. The van der Waals surface area contributed by atoms with Gasteiger partial charge >= 0.3 is 5.97 Å². The molecule has 0 radical (unpaired) electrons. The van der Waals surface area contributed by atoms with Crippen LogP contribution in [-0.4, -0.2) is 36.3 Å². The second-order valence-electron chi connectivity index (χ2n) is 6.11. The Labute approximate surface area is 142 Å². The Morgan fingerprint density at radius 1 is 1.33 bits per heavy atom. The van der Waals surface area contributed by atoms with Gasteiger partial charge in [-0.3, -0.25) is 9.59 Å². The van der Waals surface area contributed by atoms with Gasteiger partial charge < -0.3 is 19.9 Å². The summed E-state index contributed by atoms with van der Waals surface area (Å²) in [4.78, 5) is 22.6. The largest absolute Gasteiger partial charge is 0.494 e. The van der Waals surface area contributed by atoms with Gasteiger partial charge in [0.05, 0.1) is 12.7 Å². The fourth-order valence-electron chi connectivity index (χ4n) is 2.69. The van der Waals surface area contributed by atoms with Crippen LogP contribution in [0.5, 0.6) is 5.75 Å². The van der Waals surface area contributed by atoms with Crippen LogP contribution < -0.4 is 10.1 Å². The molecule has 1 aliphatic rings. The number of amides is 1. The van der Waals surface area contributed by atoms with Crippen molar-refractivity contribution in [1.82, 2.24) is 5.32 Å². The van der Waals surface area contributed by atoms with Gasteiger partial charge in [0.15, 0.2) is 0 Å². The summed E-state index contributed by atoms with van der Waals surface area (Å²) in [6.07, 6.45) is 2.28. The van der Waals surface area contributed by atoms with Gasteiger partial charge in [-0.05, 0) is 43.9 Å². The smallest absolute Gasteiger partial charge is 0.303 e. The quantitative estimate of drug-likeness (QED) is 0.713. The van der Waals surface area contributed by atoms with Crippen molar-refractivity contribution in [3.8, 4) is 5.75 Å². The van der Waals surface area contributed by atoms with E-state index in [4.69, 9.17) is 14.6 Å². The number of carbonyl (C=O) groups is 2. The molecule has 0 saturated carbocycles. The fourth-order valence-corrected chi connectivity index (χ4v) is 2.69. The highest BCUT2D eigenvalue weighted by atomic mass is 16.5. The Balaban J connectivity index is 1.71. The topological polar surface area (TPSA) is 84.9 Å². The van der Waals surface area contributed by atoms with Crippen LogP contribution in [0.4, 0.5) is 0 Å². The van der Waals surface area contributed by atoms with E-state index in [1.807, 2.05) is 31.2 Å². The van der Waals surface area contributed by atoms with Gasteiger partial charge in [0.2, 0.25) is 5.91 Å². The zero-order valence-electron chi connectivity index (χ0n) is 14.0. The number of benzene rings is 1. The predicted octanol–water partition coefficient (Wildman–Crippen LogP) is 2.36. The fraction of sp³-hybridized carbons (Fsp3) is 0.556. The molecule has 1 amide bonds. The van der Waals surface area contributed by atoms with Crippen LogP contribution in [0.25, 0.3) is 0 Å². The maximum absolute atomic E-state index is 12.2. The lowest BCUT2D eigenvalue weighted by Crippen LogP contribution is -2.36. The van der Waals surface area contributed by atoms with E-state index in [1.54, 1.807) is 0 Å². The van der Waals surface area contributed by atoms with Crippen LogP contribution in [-0.2, 0) is 20.9 Å². The van der Waals surface area contributed by atoms with Crippen molar-refractivity contribution >= 4 is 11.9 Å². The number of hydrogen-bond acceptors (Lipinski definition) is 4. The van der Waals surface area contributed by atoms with Crippen molar-refractivity contribution in [2.75, 3.05) is 13.2 Å². The van der Waals surface area contributed by atoms with Crippen molar-refractivity contribution in [3.05, 3.63) is 29.8 Å². The van der Waals surface area contributed by atoms with Crippen molar-refractivity contribution < 1.29 is 24.2 Å². The highest BCUT2D eigenvalue weighted by Gasteiger charge is 2.25. The SMILES string of the molecule is CC1CC(C(=O)NCc2ccc(OCCCC(=O)O)cc2)CCO1. The minimum atomic E-state index is -0.816. The molecule has 2 rings (SSSR count). The van der Waals surface area contributed by atoms with E-state index in [-0.39, 0.29) is 24.3 Å². The van der Waals surface area contributed by atoms with Crippen LogP contribution in [0.2, 0.25) is 0 Å². The summed E-state index contributed by atoms with van der Waals surface area (Å²) >= 11 is 0. The first kappa shape index (κ1) is 18.3. The van der Waals surface area contributed by atoms with Gasteiger partial charge in [-0.25, -0.2) is 0 Å². The van der Waals surface area contributed by atoms with E-state index in [1.165, 1.54) is 0 Å². The molecule has 24 heavy (non-hydrogen) atoms. The van der Waals surface area contributed by atoms with Gasteiger partial charge in [0.1, 0.15) is 5.75 Å². The summed E-state index contributed by atoms with van der Waals surface area (Å²) in [6, 6.07) is 7.47. The third-order valence-electron chi connectivity index (χ3n) is 4.05. The minimum absolute atomic E-state index is 0.0330. The normalized spacial score (nSPS) is 20.4. The Hall–Kier alpha value is -2.08. The van der Waals surface area contributed by atoms with Crippen molar-refractivity contribution in [2.24, 2.45) is 5.92 Å². The van der Waals surface area contributed by atoms with Gasteiger partial charge in [-0.15, -0.1) is 0 Å². The summed E-state index contributed by atoms with van der Waals surface area (Å²) in [5, 5.41) is 11.5. The molecule has 0 bridgehead atoms. The molecule has 0 aliphatic carbocycles. The van der Waals surface area contributed by atoms with Crippen LogP contribution in [0.3, 0.4) is 0 Å². The summed E-state index contributed by atoms with van der Waals surface area (Å²) in [5.41, 5.74) is 1.00. The predicted molar refractivity (Wildman–Crippen MR) is 88.8 cm³/mol. The average Bonchev–Trinajstić information content (AvgIpc) is 2.57. The van der Waals surface area contributed by atoms with E-state index in [0.717, 1.165) is 18.4 Å². The third-order valence-corrected chi connectivity index (χ3v) is 4.05. The zero-order valence-corrected chi connectivity index (χ0v) is 14.0. The number of nitrogens with one attached hydrogen (secondary N) is 1. The molecule has 2 unspecified atom stereocenters. The van der Waals surface area contributed by atoms with Crippen molar-refractivity contribution in [3.63, 3.8) is 0 Å². The second-order valence-corrected chi connectivity index (χ2v) is 6.11. The molecule has 0 aromatic heterocycles. The lowest BCUT2D eigenvalue weighted by molar-refractivity contribution is -0.137. The Morgan fingerprint density at radius 2 is 2.08 bits per heavy atom. The highest BCUT2D eigenvalue weighted by Crippen LogP contribution is 2.20. The van der Waals surface area contributed by atoms with Gasteiger partial charge in [-0.2, -0.15) is 0 Å². The van der Waals surface area contributed by atoms with E-state index >= 15 is 0 Å². The van der Waals surface area contributed by atoms with Crippen LogP contribution in [0.15, 0.2) is 24.3 Å². The molecule has 1 aromatic carbocycles. The molecule has 132 valence electrons. The number of ether oxygens (including phenoxy) is 2. The first-order chi connectivity index (χ1) is 11.5. The first-order valence-electron chi connectivity index (χ1n) is 8.37. The van der Waals surface area contributed by atoms with E-state index < -0.39 is 5.97 Å². The number of carboxylic acid groups (broad SMARTS) is 1. The molecular weight excluding hydrogens is 310 g/mol. The number of carboxylic acids is 1. The van der Waals surface area contributed by atoms with E-state index in [2.05, 4.69) is 5.32 Å². The van der Waals surface area contributed by atoms with Crippen molar-refractivity contribution in [1.29, 1.82) is 0 Å². The monoisotopic (exact) mass is 335 g/mol. The summed E-state index contributed by atoms with van der Waals surface area (Å²) in [6.45, 7) is 3.51. The summed E-state index contributed by atoms with van der Waals surface area (Å²) in [7, 11) is 0. The zero-order chi connectivity index (χ0) is 17.4. The van der Waals surface area contributed by atoms with Crippen LogP contribution in [0, 0.1) is 5.92 Å². The molecule has 6 heteroatoms. The van der Waals surface area contributed by atoms with E-state index in [9.17, 15) is 9.59 Å².